The molecule has 0 saturated carbocycles. The Morgan fingerprint density at radius 1 is 0.404 bits per heavy atom. The molecule has 0 radical (unpaired) electrons. The summed E-state index contributed by atoms with van der Waals surface area (Å²) in [7, 11) is 0. The van der Waals surface area contributed by atoms with Gasteiger partial charge in [-0.15, -0.1) is 0 Å². The van der Waals surface area contributed by atoms with Crippen LogP contribution in [-0.2, 0) is 0 Å². The number of hydrogen-bond donors (Lipinski definition) is 0. The van der Waals surface area contributed by atoms with E-state index in [-0.39, 0.29) is 11.3 Å². The zero-order valence-corrected chi connectivity index (χ0v) is 27.7. The lowest BCUT2D eigenvalue weighted by Crippen LogP contribution is -2.10. The summed E-state index contributed by atoms with van der Waals surface area (Å²) in [5, 5.41) is 6.05. The van der Waals surface area contributed by atoms with Crippen LogP contribution in [0.3, 0.4) is 0 Å². The van der Waals surface area contributed by atoms with Crippen LogP contribution in [0.15, 0.2) is 204 Å². The van der Waals surface area contributed by atoms with Gasteiger partial charge in [0, 0.05) is 33.2 Å². The molecule has 10 rings (SSSR count). The summed E-state index contributed by atoms with van der Waals surface area (Å²) in [5.41, 5.74) is 5.30. The van der Waals surface area contributed by atoms with Crippen LogP contribution in [-0.4, -0.2) is 0 Å². The highest BCUT2D eigenvalue weighted by Crippen LogP contribution is 2.43. The first kappa shape index (κ1) is 22.0. The topological polar surface area (TPSA) is 16.4 Å². The largest absolute Gasteiger partial charge is 0.455 e. The molecule has 0 aliphatic carbocycles. The molecule has 10 aromatic rings. The molecule has 0 fully saturated rings. The van der Waals surface area contributed by atoms with E-state index in [1.54, 1.807) is 4.90 Å². The van der Waals surface area contributed by atoms with Gasteiger partial charge in [-0.3, -0.25) is 0 Å². The molecule has 244 valence electrons. The van der Waals surface area contributed by atoms with Crippen molar-refractivity contribution in [2.75, 3.05) is 4.90 Å². The Hall–Kier alpha value is -6.90. The number of hydrogen-bond acceptors (Lipinski definition) is 2. The number of fused-ring (bicyclic) bond motifs is 6. The first-order chi connectivity index (χ1) is 29.5. The maximum atomic E-state index is 9.53. The van der Waals surface area contributed by atoms with Crippen LogP contribution < -0.4 is 4.90 Å². The van der Waals surface area contributed by atoms with Crippen molar-refractivity contribution in [3.05, 3.63) is 200 Å². The van der Waals surface area contributed by atoms with E-state index in [9.17, 15) is 5.48 Å². The molecular formula is C50H33NO. The van der Waals surface area contributed by atoms with Gasteiger partial charge < -0.3 is 9.32 Å². The molecule has 9 aromatic carbocycles. The van der Waals surface area contributed by atoms with Gasteiger partial charge in [-0.25, -0.2) is 0 Å². The van der Waals surface area contributed by atoms with Crippen LogP contribution in [0.1, 0.15) is 12.3 Å². The minimum atomic E-state index is -0.630. The molecule has 0 unspecified atom stereocenters. The molecule has 0 saturated heterocycles. The standard InChI is InChI=1S/C50H33NO/c1-2-12-34(13-3-1)35-26-29-40(30-27-35)51(41-19-8-17-38(32-41)44-23-10-16-36-14-4-6-21-43(36)44)42-20-9-18-39(33-42)45-24-11-25-48-49(45)47-31-28-37-15-5-7-22-46(37)50(47)52-48/h1-33H/i1D,2D,3D,12D,13D,26D,27D,29D,30D. The summed E-state index contributed by atoms with van der Waals surface area (Å²) in [6.07, 6.45) is 0. The van der Waals surface area contributed by atoms with Gasteiger partial charge in [-0.2, -0.15) is 0 Å². The fourth-order valence-electron chi connectivity index (χ4n) is 7.22. The molecule has 0 spiro atoms. The van der Waals surface area contributed by atoms with E-state index >= 15 is 0 Å². The van der Waals surface area contributed by atoms with Crippen molar-refractivity contribution in [1.82, 2.24) is 0 Å². The summed E-state index contributed by atoms with van der Waals surface area (Å²) < 4.78 is 86.1. The summed E-state index contributed by atoms with van der Waals surface area (Å²) in [6, 6.07) is 42.6. The predicted molar refractivity (Wildman–Crippen MR) is 220 cm³/mol. The van der Waals surface area contributed by atoms with Gasteiger partial charge in [0.25, 0.3) is 0 Å². The first-order valence-electron chi connectivity index (χ1n) is 21.5. The second-order valence-corrected chi connectivity index (χ2v) is 12.6. The fraction of sp³-hybridized carbons (Fsp3) is 0. The second-order valence-electron chi connectivity index (χ2n) is 12.6. The van der Waals surface area contributed by atoms with Gasteiger partial charge in [0.15, 0.2) is 0 Å². The van der Waals surface area contributed by atoms with Crippen LogP contribution in [0.2, 0.25) is 0 Å². The summed E-state index contributed by atoms with van der Waals surface area (Å²) in [6.45, 7) is 0. The molecule has 0 N–H and O–H groups in total. The number of nitrogens with zero attached hydrogens (tertiary/aromatic N) is 1. The van der Waals surface area contributed by atoms with Gasteiger partial charge in [-0.1, -0.05) is 151 Å². The lowest BCUT2D eigenvalue weighted by atomic mass is 9.96. The zero-order chi connectivity index (χ0) is 42.3. The molecule has 1 heterocycles. The quantitative estimate of drug-likeness (QED) is 0.175. The maximum absolute atomic E-state index is 9.53. The minimum absolute atomic E-state index is 0.0724. The molecule has 1 aromatic heterocycles. The third kappa shape index (κ3) is 5.12. The second kappa shape index (κ2) is 12.5. The highest BCUT2D eigenvalue weighted by Gasteiger charge is 2.18. The van der Waals surface area contributed by atoms with Crippen LogP contribution in [0.4, 0.5) is 17.1 Å². The number of rotatable bonds is 6. The molecule has 0 atom stereocenters. The zero-order valence-electron chi connectivity index (χ0n) is 36.7. The molecule has 0 bridgehead atoms. The molecule has 2 nitrogen and oxygen atoms in total. The Morgan fingerprint density at radius 3 is 1.77 bits per heavy atom. The van der Waals surface area contributed by atoms with E-state index in [2.05, 4.69) is 24.3 Å². The third-order valence-corrected chi connectivity index (χ3v) is 9.59. The van der Waals surface area contributed by atoms with Gasteiger partial charge in [0.2, 0.25) is 0 Å². The molecule has 0 aliphatic heterocycles. The number of benzene rings is 9. The van der Waals surface area contributed by atoms with E-state index in [1.165, 1.54) is 0 Å². The van der Waals surface area contributed by atoms with Gasteiger partial charge in [-0.05, 0) is 98.0 Å². The molecule has 52 heavy (non-hydrogen) atoms. The normalized spacial score (nSPS) is 13.9. The van der Waals surface area contributed by atoms with E-state index in [1.807, 2.05) is 121 Å². The monoisotopic (exact) mass is 672 g/mol. The van der Waals surface area contributed by atoms with Crippen molar-refractivity contribution in [2.45, 2.75) is 0 Å². The number of anilines is 3. The van der Waals surface area contributed by atoms with Gasteiger partial charge in [0.1, 0.15) is 11.2 Å². The highest BCUT2D eigenvalue weighted by atomic mass is 16.3. The van der Waals surface area contributed by atoms with Crippen LogP contribution >= 0.6 is 0 Å². The van der Waals surface area contributed by atoms with Crippen molar-refractivity contribution in [3.8, 4) is 33.4 Å². The predicted octanol–water partition coefficient (Wildman–Crippen LogP) is 14.4. The average Bonchev–Trinajstić information content (AvgIpc) is 3.69. The summed E-state index contributed by atoms with van der Waals surface area (Å²) in [5.74, 6) is 0. The molecular weight excluding hydrogens is 631 g/mol. The third-order valence-electron chi connectivity index (χ3n) is 9.59. The highest BCUT2D eigenvalue weighted by molar-refractivity contribution is 6.19. The van der Waals surface area contributed by atoms with Crippen molar-refractivity contribution in [1.29, 1.82) is 0 Å². The Morgan fingerprint density at radius 2 is 1.00 bits per heavy atom. The van der Waals surface area contributed by atoms with Crippen LogP contribution in [0.25, 0.3) is 76.9 Å². The first-order valence-corrected chi connectivity index (χ1v) is 17.0. The van der Waals surface area contributed by atoms with E-state index in [4.69, 9.17) is 11.3 Å². The van der Waals surface area contributed by atoms with Crippen molar-refractivity contribution in [2.24, 2.45) is 0 Å². The van der Waals surface area contributed by atoms with E-state index in [0.29, 0.717) is 11.4 Å². The van der Waals surface area contributed by atoms with Crippen molar-refractivity contribution in [3.63, 3.8) is 0 Å². The minimum Gasteiger partial charge on any atom is -0.455 e. The van der Waals surface area contributed by atoms with Crippen LogP contribution in [0, 0.1) is 0 Å². The Bertz CT molecular complexity index is 3390. The SMILES string of the molecule is [2H]c1c([2H])c([2H])c(-c2c([2H])c([2H])c(N(c3cccc(-c4cccc5ccccc45)c3)c3cccc(-c4cccc5oc6c7ccccc7ccc6c45)c3)c([2H])c2[2H])c([2H])c1[2H]. The van der Waals surface area contributed by atoms with Gasteiger partial charge >= 0.3 is 0 Å². The lowest BCUT2D eigenvalue weighted by Gasteiger charge is -2.27. The van der Waals surface area contributed by atoms with E-state index < -0.39 is 59.9 Å². The van der Waals surface area contributed by atoms with Crippen molar-refractivity contribution >= 4 is 60.5 Å². The lowest BCUT2D eigenvalue weighted by molar-refractivity contribution is 0.673. The maximum Gasteiger partial charge on any atom is 0.143 e. The summed E-state index contributed by atoms with van der Waals surface area (Å²) in [4.78, 5) is 1.70. The summed E-state index contributed by atoms with van der Waals surface area (Å²) >= 11 is 0. The Labute approximate surface area is 315 Å². The number of furan rings is 1. The average molecular weight is 673 g/mol. The molecule has 2 heteroatoms. The van der Waals surface area contributed by atoms with Crippen LogP contribution in [0.5, 0.6) is 0 Å². The smallest absolute Gasteiger partial charge is 0.143 e. The fourth-order valence-corrected chi connectivity index (χ4v) is 7.22. The van der Waals surface area contributed by atoms with E-state index in [0.717, 1.165) is 65.7 Å². The Balaban J connectivity index is 1.22. The Kier molecular flexibility index (Phi) is 5.28. The molecule has 0 aliphatic rings. The van der Waals surface area contributed by atoms with Crippen molar-refractivity contribution < 1.29 is 16.8 Å². The molecule has 0 amide bonds. The van der Waals surface area contributed by atoms with Gasteiger partial charge in [0.05, 0.1) is 12.3 Å².